The lowest BCUT2D eigenvalue weighted by Gasteiger charge is -2.32. The summed E-state index contributed by atoms with van der Waals surface area (Å²) in [4.78, 5) is 4.23. The van der Waals surface area contributed by atoms with Gasteiger partial charge in [0.2, 0.25) is 0 Å². The molecule has 0 amide bonds. The predicted octanol–water partition coefficient (Wildman–Crippen LogP) is 3.94. The molecule has 1 aliphatic rings. The smallest absolute Gasteiger partial charge is 0.127 e. The van der Waals surface area contributed by atoms with Crippen LogP contribution < -0.4 is 10.1 Å². The van der Waals surface area contributed by atoms with Gasteiger partial charge >= 0.3 is 0 Å². The first-order chi connectivity index (χ1) is 9.67. The van der Waals surface area contributed by atoms with E-state index in [1.807, 2.05) is 13.2 Å². The Kier molecular flexibility index (Phi) is 3.76. The molecule has 2 atom stereocenters. The van der Waals surface area contributed by atoms with E-state index in [0.717, 1.165) is 22.2 Å². The van der Waals surface area contributed by atoms with Gasteiger partial charge in [-0.05, 0) is 42.0 Å². The maximum absolute atomic E-state index is 6.16. The average Bonchev–Trinajstić information content (AvgIpc) is 2.46. The van der Waals surface area contributed by atoms with Crippen molar-refractivity contribution in [1.82, 2.24) is 10.3 Å². The van der Waals surface area contributed by atoms with Crippen molar-refractivity contribution >= 4 is 15.9 Å². The summed E-state index contributed by atoms with van der Waals surface area (Å²) >= 11 is 3.47. The van der Waals surface area contributed by atoms with Crippen LogP contribution in [0.25, 0.3) is 0 Å². The third-order valence-corrected chi connectivity index (χ3v) is 4.14. The first-order valence-corrected chi connectivity index (χ1v) is 7.51. The van der Waals surface area contributed by atoms with E-state index < -0.39 is 0 Å². The molecule has 0 bridgehead atoms. The second-order valence-corrected chi connectivity index (χ2v) is 6.08. The molecule has 2 aromatic rings. The molecule has 0 spiro atoms. The van der Waals surface area contributed by atoms with E-state index in [1.54, 1.807) is 6.20 Å². The molecule has 3 rings (SSSR count). The monoisotopic (exact) mass is 332 g/mol. The molecule has 104 valence electrons. The number of fused-ring (bicyclic) bond motifs is 1. The Hall–Kier alpha value is -1.39. The Labute approximate surface area is 127 Å². The largest absolute Gasteiger partial charge is 0.485 e. The van der Waals surface area contributed by atoms with E-state index in [1.165, 1.54) is 11.1 Å². The number of aryl methyl sites for hydroxylation is 1. The van der Waals surface area contributed by atoms with Crippen molar-refractivity contribution in [3.8, 4) is 5.75 Å². The summed E-state index contributed by atoms with van der Waals surface area (Å²) in [6.07, 6.45) is 4.61. The summed E-state index contributed by atoms with van der Waals surface area (Å²) in [6, 6.07) is 8.73. The number of nitrogens with zero attached hydrogens (tertiary/aromatic N) is 1. The lowest BCUT2D eigenvalue weighted by Crippen LogP contribution is -2.26. The van der Waals surface area contributed by atoms with E-state index in [0.29, 0.717) is 6.04 Å². The molecule has 2 unspecified atom stereocenters. The maximum Gasteiger partial charge on any atom is 0.127 e. The summed E-state index contributed by atoms with van der Waals surface area (Å²) in [6.45, 7) is 2.11. The van der Waals surface area contributed by atoms with Crippen LogP contribution in [0.1, 0.15) is 35.3 Å². The second kappa shape index (κ2) is 5.54. The van der Waals surface area contributed by atoms with Gasteiger partial charge in [0, 0.05) is 40.5 Å². The first-order valence-electron chi connectivity index (χ1n) is 6.72. The molecule has 1 aliphatic heterocycles. The van der Waals surface area contributed by atoms with Gasteiger partial charge in [-0.1, -0.05) is 17.7 Å². The van der Waals surface area contributed by atoms with Crippen LogP contribution >= 0.6 is 15.9 Å². The quantitative estimate of drug-likeness (QED) is 0.904. The minimum absolute atomic E-state index is 0.0349. The minimum Gasteiger partial charge on any atom is -0.485 e. The summed E-state index contributed by atoms with van der Waals surface area (Å²) in [5.41, 5.74) is 3.60. The number of hydrogen-bond donors (Lipinski definition) is 1. The van der Waals surface area contributed by atoms with Gasteiger partial charge in [0.15, 0.2) is 0 Å². The molecule has 20 heavy (non-hydrogen) atoms. The molecule has 0 saturated carbocycles. The zero-order chi connectivity index (χ0) is 14.1. The molecule has 1 aromatic heterocycles. The third-order valence-electron chi connectivity index (χ3n) is 3.71. The van der Waals surface area contributed by atoms with Crippen LogP contribution in [0, 0.1) is 6.92 Å². The highest BCUT2D eigenvalue weighted by atomic mass is 79.9. The fraction of sp³-hybridized carbons (Fsp3) is 0.312. The number of pyridine rings is 1. The highest BCUT2D eigenvalue weighted by Crippen LogP contribution is 2.41. The van der Waals surface area contributed by atoms with Crippen molar-refractivity contribution in [1.29, 1.82) is 0 Å². The Bertz CT molecular complexity index is 630. The number of hydrogen-bond acceptors (Lipinski definition) is 3. The van der Waals surface area contributed by atoms with E-state index >= 15 is 0 Å². The maximum atomic E-state index is 6.16. The van der Waals surface area contributed by atoms with Crippen molar-refractivity contribution in [2.24, 2.45) is 0 Å². The van der Waals surface area contributed by atoms with Crippen molar-refractivity contribution in [2.75, 3.05) is 7.05 Å². The Morgan fingerprint density at radius 3 is 2.90 bits per heavy atom. The van der Waals surface area contributed by atoms with E-state index in [2.05, 4.69) is 57.4 Å². The predicted molar refractivity (Wildman–Crippen MR) is 82.9 cm³/mol. The van der Waals surface area contributed by atoms with Gasteiger partial charge < -0.3 is 10.1 Å². The number of aromatic nitrogens is 1. The van der Waals surface area contributed by atoms with Crippen molar-refractivity contribution in [3.05, 3.63) is 57.8 Å². The topological polar surface area (TPSA) is 34.2 Å². The fourth-order valence-corrected chi connectivity index (χ4v) is 3.05. The number of rotatable bonds is 2. The molecule has 3 nitrogen and oxygen atoms in total. The molecule has 0 radical (unpaired) electrons. The van der Waals surface area contributed by atoms with Crippen LogP contribution in [-0.4, -0.2) is 12.0 Å². The van der Waals surface area contributed by atoms with Gasteiger partial charge in [0.05, 0.1) is 0 Å². The van der Waals surface area contributed by atoms with Crippen LogP contribution in [0.5, 0.6) is 5.75 Å². The molecule has 1 aromatic carbocycles. The highest BCUT2D eigenvalue weighted by molar-refractivity contribution is 9.10. The molecular formula is C16H17BrN2O. The Balaban J connectivity index is 1.96. The lowest BCUT2D eigenvalue weighted by molar-refractivity contribution is 0.153. The molecule has 1 N–H and O–H groups in total. The van der Waals surface area contributed by atoms with Crippen molar-refractivity contribution < 1.29 is 4.74 Å². The highest BCUT2D eigenvalue weighted by Gasteiger charge is 2.28. The minimum atomic E-state index is 0.0349. The van der Waals surface area contributed by atoms with Crippen LogP contribution in [0.4, 0.5) is 0 Å². The van der Waals surface area contributed by atoms with E-state index in [9.17, 15) is 0 Å². The van der Waals surface area contributed by atoms with Gasteiger partial charge in [-0.15, -0.1) is 0 Å². The van der Waals surface area contributed by atoms with E-state index in [4.69, 9.17) is 4.74 Å². The van der Waals surface area contributed by atoms with Gasteiger partial charge in [0.25, 0.3) is 0 Å². The fourth-order valence-electron chi connectivity index (χ4n) is 2.67. The summed E-state index contributed by atoms with van der Waals surface area (Å²) in [7, 11) is 2.00. The first kappa shape index (κ1) is 13.6. The Morgan fingerprint density at radius 1 is 1.30 bits per heavy atom. The van der Waals surface area contributed by atoms with Crippen LogP contribution in [0.2, 0.25) is 0 Å². The summed E-state index contributed by atoms with van der Waals surface area (Å²) < 4.78 is 7.14. The number of ether oxygens (including phenoxy) is 1. The molecule has 4 heteroatoms. The van der Waals surface area contributed by atoms with Crippen LogP contribution in [0.3, 0.4) is 0 Å². The van der Waals surface area contributed by atoms with Crippen LogP contribution in [-0.2, 0) is 0 Å². The Morgan fingerprint density at radius 2 is 2.15 bits per heavy atom. The van der Waals surface area contributed by atoms with Gasteiger partial charge in [-0.25, -0.2) is 0 Å². The summed E-state index contributed by atoms with van der Waals surface area (Å²) in [5.74, 6) is 0.964. The van der Waals surface area contributed by atoms with Crippen molar-refractivity contribution in [3.63, 3.8) is 0 Å². The molecule has 0 saturated heterocycles. The third kappa shape index (κ3) is 2.58. The zero-order valence-electron chi connectivity index (χ0n) is 11.6. The molecule has 0 aliphatic carbocycles. The summed E-state index contributed by atoms with van der Waals surface area (Å²) in [5, 5.41) is 3.39. The number of halogens is 1. The number of nitrogens with one attached hydrogen (secondary N) is 1. The average molecular weight is 333 g/mol. The van der Waals surface area contributed by atoms with E-state index in [-0.39, 0.29) is 6.10 Å². The standard InChI is InChI=1S/C16H17BrN2O/c1-10-3-4-15-13(5-10)14(18-2)7-16(20-15)11-6-12(17)9-19-8-11/h3-6,8-9,14,16,18H,7H2,1-2H3. The number of benzene rings is 1. The van der Waals surface area contributed by atoms with Gasteiger partial charge in [-0.3, -0.25) is 4.98 Å². The SMILES string of the molecule is CNC1CC(c2cncc(Br)c2)Oc2ccc(C)cc21. The molecule has 0 fully saturated rings. The second-order valence-electron chi connectivity index (χ2n) is 5.16. The molecular weight excluding hydrogens is 316 g/mol. The van der Waals surface area contributed by atoms with Crippen LogP contribution in [0.15, 0.2) is 41.1 Å². The normalized spacial score (nSPS) is 21.1. The molecule has 2 heterocycles. The van der Waals surface area contributed by atoms with Gasteiger partial charge in [-0.2, -0.15) is 0 Å². The lowest BCUT2D eigenvalue weighted by atomic mass is 9.92. The zero-order valence-corrected chi connectivity index (χ0v) is 13.1. The van der Waals surface area contributed by atoms with Gasteiger partial charge in [0.1, 0.15) is 11.9 Å². The van der Waals surface area contributed by atoms with Crippen molar-refractivity contribution in [2.45, 2.75) is 25.5 Å².